The molecular formula is C18H22O4. The summed E-state index contributed by atoms with van der Waals surface area (Å²) in [5.41, 5.74) is 1.65. The number of aliphatic hydroxyl groups is 1. The molecule has 2 aromatic rings. The molecule has 0 fully saturated rings. The lowest BCUT2D eigenvalue weighted by molar-refractivity contribution is 0.0456. The first-order valence-corrected chi connectivity index (χ1v) is 7.46. The number of fused-ring (bicyclic) bond motifs is 2. The van der Waals surface area contributed by atoms with Crippen LogP contribution in [-0.4, -0.2) is 32.0 Å². The number of benzene rings is 2. The molecular weight excluding hydrogens is 280 g/mol. The van der Waals surface area contributed by atoms with E-state index in [2.05, 4.69) is 6.07 Å². The van der Waals surface area contributed by atoms with E-state index in [9.17, 15) is 5.11 Å². The third kappa shape index (κ3) is 2.37. The Kier molecular flexibility index (Phi) is 3.65. The van der Waals surface area contributed by atoms with Crippen molar-refractivity contribution in [1.82, 2.24) is 0 Å². The maximum Gasteiger partial charge on any atom is 0.134 e. The summed E-state index contributed by atoms with van der Waals surface area (Å²) >= 11 is 0. The Labute approximate surface area is 130 Å². The van der Waals surface area contributed by atoms with Gasteiger partial charge in [-0.3, -0.25) is 0 Å². The highest BCUT2D eigenvalue weighted by Crippen LogP contribution is 2.44. The van der Waals surface area contributed by atoms with Gasteiger partial charge in [0.1, 0.15) is 17.2 Å². The highest BCUT2D eigenvalue weighted by molar-refractivity contribution is 5.97. The van der Waals surface area contributed by atoms with E-state index in [1.807, 2.05) is 19.1 Å². The van der Waals surface area contributed by atoms with Gasteiger partial charge in [0.2, 0.25) is 0 Å². The van der Waals surface area contributed by atoms with E-state index in [4.69, 9.17) is 14.2 Å². The summed E-state index contributed by atoms with van der Waals surface area (Å²) in [5, 5.41) is 12.3. The monoisotopic (exact) mass is 302 g/mol. The summed E-state index contributed by atoms with van der Waals surface area (Å²) in [4.78, 5) is 0. The third-order valence-corrected chi connectivity index (χ3v) is 4.47. The second kappa shape index (κ2) is 5.36. The molecule has 4 nitrogen and oxygen atoms in total. The largest absolute Gasteiger partial charge is 0.497 e. The van der Waals surface area contributed by atoms with E-state index >= 15 is 0 Å². The smallest absolute Gasteiger partial charge is 0.134 e. The molecule has 0 spiro atoms. The molecule has 0 saturated heterocycles. The molecule has 0 aliphatic heterocycles. The predicted octanol–water partition coefficient (Wildman–Crippen LogP) is 3.11. The second-order valence-corrected chi connectivity index (χ2v) is 6.15. The SMILES string of the molecule is COc1cc(OC)c2c(OC)c3c(cc2c1)CC(C)(O)CC3. The quantitative estimate of drug-likeness (QED) is 0.946. The van der Waals surface area contributed by atoms with Crippen LogP contribution in [0.2, 0.25) is 0 Å². The Bertz CT molecular complexity index is 719. The predicted molar refractivity (Wildman–Crippen MR) is 86.3 cm³/mol. The average molecular weight is 302 g/mol. The fourth-order valence-electron chi connectivity index (χ4n) is 3.37. The van der Waals surface area contributed by atoms with Crippen LogP contribution in [0.3, 0.4) is 0 Å². The lowest BCUT2D eigenvalue weighted by atomic mass is 9.80. The highest BCUT2D eigenvalue weighted by atomic mass is 16.5. The maximum atomic E-state index is 10.4. The summed E-state index contributed by atoms with van der Waals surface area (Å²) in [6, 6.07) is 5.96. The van der Waals surface area contributed by atoms with Crippen LogP contribution in [0, 0.1) is 0 Å². The first-order chi connectivity index (χ1) is 10.5. The van der Waals surface area contributed by atoms with Crippen LogP contribution >= 0.6 is 0 Å². The minimum absolute atomic E-state index is 0.633. The summed E-state index contributed by atoms with van der Waals surface area (Å²) in [7, 11) is 4.98. The van der Waals surface area contributed by atoms with Crippen molar-refractivity contribution in [3.05, 3.63) is 29.3 Å². The Morgan fingerprint density at radius 2 is 1.82 bits per heavy atom. The van der Waals surface area contributed by atoms with E-state index in [1.54, 1.807) is 21.3 Å². The minimum atomic E-state index is -0.658. The van der Waals surface area contributed by atoms with Gasteiger partial charge in [0.25, 0.3) is 0 Å². The zero-order chi connectivity index (χ0) is 15.9. The standard InChI is InChI=1S/C18H22O4/c1-18(19)6-5-14-12(10-18)7-11-8-13(20-2)9-15(21-3)16(11)17(14)22-4/h7-9,19H,5-6,10H2,1-4H3. The van der Waals surface area contributed by atoms with Gasteiger partial charge in [0, 0.05) is 12.5 Å². The van der Waals surface area contributed by atoms with Crippen molar-refractivity contribution in [2.24, 2.45) is 0 Å². The van der Waals surface area contributed by atoms with E-state index in [-0.39, 0.29) is 0 Å². The molecule has 3 rings (SSSR count). The number of hydrogen-bond donors (Lipinski definition) is 1. The Balaban J connectivity index is 2.32. The Morgan fingerprint density at radius 3 is 2.45 bits per heavy atom. The van der Waals surface area contributed by atoms with Gasteiger partial charge >= 0.3 is 0 Å². The van der Waals surface area contributed by atoms with Gasteiger partial charge in [0.15, 0.2) is 0 Å². The fourth-order valence-corrected chi connectivity index (χ4v) is 3.37. The van der Waals surface area contributed by atoms with Crippen molar-refractivity contribution < 1.29 is 19.3 Å². The number of ether oxygens (including phenoxy) is 3. The molecule has 4 heteroatoms. The molecule has 0 amide bonds. The molecule has 1 aliphatic carbocycles. The molecule has 1 N–H and O–H groups in total. The second-order valence-electron chi connectivity index (χ2n) is 6.15. The van der Waals surface area contributed by atoms with Crippen LogP contribution in [0.1, 0.15) is 24.5 Å². The zero-order valence-electron chi connectivity index (χ0n) is 13.5. The van der Waals surface area contributed by atoms with Crippen molar-refractivity contribution in [3.63, 3.8) is 0 Å². The van der Waals surface area contributed by atoms with Crippen molar-refractivity contribution in [2.45, 2.75) is 31.8 Å². The van der Waals surface area contributed by atoms with Gasteiger partial charge in [-0.25, -0.2) is 0 Å². The van der Waals surface area contributed by atoms with E-state index in [0.29, 0.717) is 6.42 Å². The van der Waals surface area contributed by atoms with E-state index in [0.717, 1.165) is 46.4 Å². The first kappa shape index (κ1) is 15.0. The molecule has 0 aromatic heterocycles. The molecule has 0 radical (unpaired) electrons. The van der Waals surface area contributed by atoms with Gasteiger partial charge in [-0.1, -0.05) is 6.07 Å². The summed E-state index contributed by atoms with van der Waals surface area (Å²) < 4.78 is 16.6. The van der Waals surface area contributed by atoms with Crippen molar-refractivity contribution in [2.75, 3.05) is 21.3 Å². The number of rotatable bonds is 3. The molecule has 118 valence electrons. The topological polar surface area (TPSA) is 47.9 Å². The molecule has 1 aliphatic rings. The van der Waals surface area contributed by atoms with Crippen LogP contribution in [0.4, 0.5) is 0 Å². The third-order valence-electron chi connectivity index (χ3n) is 4.47. The molecule has 22 heavy (non-hydrogen) atoms. The molecule has 2 aromatic carbocycles. The molecule has 0 bridgehead atoms. The molecule has 0 heterocycles. The number of hydrogen-bond acceptors (Lipinski definition) is 4. The van der Waals surface area contributed by atoms with Gasteiger partial charge in [0.05, 0.1) is 32.3 Å². The van der Waals surface area contributed by atoms with Crippen molar-refractivity contribution in [3.8, 4) is 17.2 Å². The highest BCUT2D eigenvalue weighted by Gasteiger charge is 2.30. The summed E-state index contributed by atoms with van der Waals surface area (Å²) in [5.74, 6) is 2.34. The van der Waals surface area contributed by atoms with Gasteiger partial charge in [-0.05, 0) is 42.3 Å². The van der Waals surface area contributed by atoms with E-state index < -0.39 is 5.60 Å². The normalized spacial score (nSPS) is 20.6. The van der Waals surface area contributed by atoms with Crippen LogP contribution in [0.15, 0.2) is 18.2 Å². The van der Waals surface area contributed by atoms with Crippen molar-refractivity contribution in [1.29, 1.82) is 0 Å². The molecule has 1 atom stereocenters. The summed E-state index contributed by atoms with van der Waals surface area (Å²) in [6.45, 7) is 1.89. The van der Waals surface area contributed by atoms with Gasteiger partial charge in [-0.15, -0.1) is 0 Å². The molecule has 1 unspecified atom stereocenters. The lowest BCUT2D eigenvalue weighted by Gasteiger charge is -2.31. The average Bonchev–Trinajstić information content (AvgIpc) is 2.50. The number of methoxy groups -OCH3 is 3. The molecule has 0 saturated carbocycles. The Morgan fingerprint density at radius 1 is 1.05 bits per heavy atom. The fraction of sp³-hybridized carbons (Fsp3) is 0.444. The van der Waals surface area contributed by atoms with Crippen LogP contribution in [0.25, 0.3) is 10.8 Å². The van der Waals surface area contributed by atoms with Gasteiger partial charge < -0.3 is 19.3 Å². The Hall–Kier alpha value is -1.94. The first-order valence-electron chi connectivity index (χ1n) is 7.46. The van der Waals surface area contributed by atoms with Crippen LogP contribution < -0.4 is 14.2 Å². The minimum Gasteiger partial charge on any atom is -0.497 e. The zero-order valence-corrected chi connectivity index (χ0v) is 13.5. The van der Waals surface area contributed by atoms with Crippen molar-refractivity contribution >= 4 is 10.8 Å². The maximum absolute atomic E-state index is 10.4. The summed E-state index contributed by atoms with van der Waals surface area (Å²) in [6.07, 6.45) is 2.17. The van der Waals surface area contributed by atoms with E-state index in [1.165, 1.54) is 5.56 Å². The van der Waals surface area contributed by atoms with Gasteiger partial charge in [-0.2, -0.15) is 0 Å². The van der Waals surface area contributed by atoms with Crippen LogP contribution in [0.5, 0.6) is 17.2 Å². The lowest BCUT2D eigenvalue weighted by Crippen LogP contribution is -2.32. The van der Waals surface area contributed by atoms with Crippen LogP contribution in [-0.2, 0) is 12.8 Å².